The Bertz CT molecular complexity index is 537. The summed E-state index contributed by atoms with van der Waals surface area (Å²) < 4.78 is 0. The van der Waals surface area contributed by atoms with Gasteiger partial charge in [-0.2, -0.15) is 0 Å². The van der Waals surface area contributed by atoms with Crippen LogP contribution in [0.2, 0.25) is 0 Å². The number of aryl methyl sites for hydroxylation is 1. The Hall–Kier alpha value is -1.94. The molecule has 1 heterocycles. The number of nitrogens with one attached hydrogen (secondary N) is 2. The van der Waals surface area contributed by atoms with Crippen LogP contribution >= 0.6 is 0 Å². The average Bonchev–Trinajstić information content (AvgIpc) is 2.53. The lowest BCUT2D eigenvalue weighted by Crippen LogP contribution is -2.26. The minimum absolute atomic E-state index is 0.349. The molecule has 0 spiro atoms. The van der Waals surface area contributed by atoms with Gasteiger partial charge in [0.15, 0.2) is 0 Å². The molecule has 0 radical (unpaired) electrons. The first-order valence-electron chi connectivity index (χ1n) is 7.98. The van der Waals surface area contributed by atoms with Crippen molar-refractivity contribution in [2.75, 3.05) is 5.32 Å². The number of rotatable bonds is 8. The summed E-state index contributed by atoms with van der Waals surface area (Å²) in [6, 6.07) is 11.4. The van der Waals surface area contributed by atoms with Crippen LogP contribution in [0.5, 0.6) is 0 Å². The van der Waals surface area contributed by atoms with Gasteiger partial charge in [-0.15, -0.1) is 0 Å². The van der Waals surface area contributed by atoms with Gasteiger partial charge in [-0.1, -0.05) is 30.3 Å². The van der Waals surface area contributed by atoms with Crippen LogP contribution in [0.1, 0.15) is 38.3 Å². The topological polar surface area (TPSA) is 49.8 Å². The van der Waals surface area contributed by atoms with Crippen LogP contribution in [0, 0.1) is 0 Å². The fraction of sp³-hybridized carbons (Fsp3) is 0.444. The van der Waals surface area contributed by atoms with Crippen molar-refractivity contribution < 1.29 is 0 Å². The van der Waals surface area contributed by atoms with E-state index in [1.54, 1.807) is 0 Å². The summed E-state index contributed by atoms with van der Waals surface area (Å²) in [6.45, 7) is 7.18. The van der Waals surface area contributed by atoms with E-state index in [4.69, 9.17) is 0 Å². The van der Waals surface area contributed by atoms with E-state index in [0.717, 1.165) is 24.9 Å². The quantitative estimate of drug-likeness (QED) is 0.784. The maximum absolute atomic E-state index is 4.33. The number of anilines is 1. The van der Waals surface area contributed by atoms with E-state index in [1.165, 1.54) is 5.56 Å². The number of hydrogen-bond donors (Lipinski definition) is 2. The van der Waals surface area contributed by atoms with E-state index in [0.29, 0.717) is 18.0 Å². The molecule has 0 saturated carbocycles. The van der Waals surface area contributed by atoms with Gasteiger partial charge in [0.2, 0.25) is 5.95 Å². The molecule has 4 nitrogen and oxygen atoms in total. The zero-order chi connectivity index (χ0) is 15.8. The molecule has 4 heteroatoms. The van der Waals surface area contributed by atoms with Crippen molar-refractivity contribution in [3.05, 3.63) is 53.9 Å². The first-order chi connectivity index (χ1) is 10.6. The Labute approximate surface area is 133 Å². The molecule has 0 saturated heterocycles. The molecule has 2 N–H and O–H groups in total. The summed E-state index contributed by atoms with van der Waals surface area (Å²) in [6.07, 6.45) is 5.99. The van der Waals surface area contributed by atoms with Crippen LogP contribution in [-0.4, -0.2) is 22.1 Å². The first-order valence-corrected chi connectivity index (χ1v) is 7.98. The van der Waals surface area contributed by atoms with Gasteiger partial charge >= 0.3 is 0 Å². The van der Waals surface area contributed by atoms with Crippen LogP contribution in [0.3, 0.4) is 0 Å². The Morgan fingerprint density at radius 3 is 2.27 bits per heavy atom. The summed E-state index contributed by atoms with van der Waals surface area (Å²) in [5, 5.41) is 6.72. The average molecular weight is 298 g/mol. The van der Waals surface area contributed by atoms with Gasteiger partial charge in [-0.05, 0) is 39.2 Å². The maximum Gasteiger partial charge on any atom is 0.222 e. The second kappa shape index (κ2) is 8.49. The Morgan fingerprint density at radius 1 is 0.955 bits per heavy atom. The monoisotopic (exact) mass is 298 g/mol. The van der Waals surface area contributed by atoms with Crippen LogP contribution in [0.25, 0.3) is 0 Å². The van der Waals surface area contributed by atoms with Gasteiger partial charge < -0.3 is 10.6 Å². The van der Waals surface area contributed by atoms with E-state index >= 15 is 0 Å². The molecule has 0 aliphatic heterocycles. The molecule has 2 rings (SSSR count). The minimum atomic E-state index is 0.349. The summed E-state index contributed by atoms with van der Waals surface area (Å²) in [7, 11) is 0. The lowest BCUT2D eigenvalue weighted by atomic mass is 10.1. The highest BCUT2D eigenvalue weighted by molar-refractivity contribution is 5.25. The predicted octanol–water partition coefficient (Wildman–Crippen LogP) is 3.41. The normalized spacial score (nSPS) is 12.4. The van der Waals surface area contributed by atoms with Crippen LogP contribution in [0.4, 0.5) is 5.95 Å². The van der Waals surface area contributed by atoms with Gasteiger partial charge in [0.1, 0.15) is 0 Å². The fourth-order valence-electron chi connectivity index (χ4n) is 2.20. The van der Waals surface area contributed by atoms with Crippen molar-refractivity contribution >= 4 is 5.95 Å². The van der Waals surface area contributed by atoms with Gasteiger partial charge in [0.25, 0.3) is 0 Å². The van der Waals surface area contributed by atoms with E-state index < -0.39 is 0 Å². The molecule has 0 aliphatic carbocycles. The van der Waals surface area contributed by atoms with Crippen molar-refractivity contribution in [1.82, 2.24) is 15.3 Å². The number of benzene rings is 1. The van der Waals surface area contributed by atoms with Crippen molar-refractivity contribution in [3.63, 3.8) is 0 Å². The molecule has 22 heavy (non-hydrogen) atoms. The van der Waals surface area contributed by atoms with Crippen LogP contribution in [0.15, 0.2) is 42.7 Å². The predicted molar refractivity (Wildman–Crippen MR) is 91.9 cm³/mol. The minimum Gasteiger partial charge on any atom is -0.352 e. The van der Waals surface area contributed by atoms with Gasteiger partial charge in [0, 0.05) is 36.6 Å². The highest BCUT2D eigenvalue weighted by Gasteiger charge is 2.04. The highest BCUT2D eigenvalue weighted by Crippen LogP contribution is 2.06. The molecule has 118 valence electrons. The SMILES string of the molecule is CC(C)Nc1ncc(CN[C@@H](C)CCc2ccccc2)cn1. The molecule has 0 unspecified atom stereocenters. The molecule has 0 amide bonds. The number of aromatic nitrogens is 2. The first kappa shape index (κ1) is 16.4. The number of hydrogen-bond acceptors (Lipinski definition) is 4. The summed E-state index contributed by atoms with van der Waals surface area (Å²) >= 11 is 0. The van der Waals surface area contributed by atoms with Gasteiger partial charge in [-0.25, -0.2) is 9.97 Å². The van der Waals surface area contributed by atoms with Gasteiger partial charge in [0.05, 0.1) is 0 Å². The molecular formula is C18H26N4. The largest absolute Gasteiger partial charge is 0.352 e. The maximum atomic E-state index is 4.33. The summed E-state index contributed by atoms with van der Waals surface area (Å²) in [5.41, 5.74) is 2.50. The second-order valence-corrected chi connectivity index (χ2v) is 6.02. The zero-order valence-electron chi connectivity index (χ0n) is 13.7. The van der Waals surface area contributed by atoms with E-state index in [-0.39, 0.29) is 0 Å². The third kappa shape index (κ3) is 5.82. The smallest absolute Gasteiger partial charge is 0.222 e. The third-order valence-electron chi connectivity index (χ3n) is 3.49. The molecule has 2 aromatic rings. The van der Waals surface area contributed by atoms with Crippen LogP contribution < -0.4 is 10.6 Å². The van der Waals surface area contributed by atoms with E-state index in [2.05, 4.69) is 71.7 Å². The molecule has 1 aromatic carbocycles. The van der Waals surface area contributed by atoms with Gasteiger partial charge in [-0.3, -0.25) is 0 Å². The van der Waals surface area contributed by atoms with E-state index in [9.17, 15) is 0 Å². The molecule has 0 fully saturated rings. The lowest BCUT2D eigenvalue weighted by molar-refractivity contribution is 0.513. The van der Waals surface area contributed by atoms with E-state index in [1.807, 2.05) is 12.4 Å². The Balaban J connectivity index is 1.72. The lowest BCUT2D eigenvalue weighted by Gasteiger charge is -2.14. The fourth-order valence-corrected chi connectivity index (χ4v) is 2.20. The molecule has 0 bridgehead atoms. The molecule has 0 aliphatic rings. The zero-order valence-corrected chi connectivity index (χ0v) is 13.7. The highest BCUT2D eigenvalue weighted by atomic mass is 15.1. The number of nitrogens with zero attached hydrogens (tertiary/aromatic N) is 2. The molecule has 1 atom stereocenters. The molecule has 1 aromatic heterocycles. The Morgan fingerprint density at radius 2 is 1.64 bits per heavy atom. The van der Waals surface area contributed by atoms with Crippen LogP contribution in [-0.2, 0) is 13.0 Å². The standard InChI is InChI=1S/C18H26N4/c1-14(2)22-18-20-12-17(13-21-18)11-19-15(3)9-10-16-7-5-4-6-8-16/h4-8,12-15,19H,9-11H2,1-3H3,(H,20,21,22)/t15-/m0/s1. The summed E-state index contributed by atoms with van der Waals surface area (Å²) in [4.78, 5) is 8.66. The second-order valence-electron chi connectivity index (χ2n) is 6.02. The molecular weight excluding hydrogens is 272 g/mol. The van der Waals surface area contributed by atoms with Crippen molar-refractivity contribution in [3.8, 4) is 0 Å². The summed E-state index contributed by atoms with van der Waals surface area (Å²) in [5.74, 6) is 0.691. The van der Waals surface area contributed by atoms with Crippen molar-refractivity contribution in [1.29, 1.82) is 0 Å². The Kier molecular flexibility index (Phi) is 6.34. The van der Waals surface area contributed by atoms with Crippen molar-refractivity contribution in [2.24, 2.45) is 0 Å². The third-order valence-corrected chi connectivity index (χ3v) is 3.49. The van der Waals surface area contributed by atoms with Crippen molar-refractivity contribution in [2.45, 2.75) is 52.2 Å².